The van der Waals surface area contributed by atoms with Gasteiger partial charge in [0.2, 0.25) is 5.91 Å². The zero-order valence-electron chi connectivity index (χ0n) is 18.1. The molecule has 1 aliphatic rings. The van der Waals surface area contributed by atoms with Crippen LogP contribution >= 0.6 is 15.9 Å². The first-order valence-electron chi connectivity index (χ1n) is 11.0. The van der Waals surface area contributed by atoms with Crippen molar-refractivity contribution in [1.82, 2.24) is 15.1 Å². The van der Waals surface area contributed by atoms with E-state index in [0.717, 1.165) is 41.5 Å². The minimum Gasteiger partial charge on any atom is -0.354 e. The SMILES string of the molecule is CCc1ccc(-n2nc(N3CCC[C@@H](C(=O)NCc4cccc(Br)c4)C3)ccc2=O)cc1. The van der Waals surface area contributed by atoms with Gasteiger partial charge in [-0.1, -0.05) is 47.1 Å². The Kier molecular flexibility index (Phi) is 7.05. The van der Waals surface area contributed by atoms with Crippen LogP contribution < -0.4 is 15.8 Å². The number of aryl methyl sites for hydroxylation is 1. The van der Waals surface area contributed by atoms with E-state index in [0.29, 0.717) is 18.9 Å². The number of benzene rings is 2. The van der Waals surface area contributed by atoms with Crippen molar-refractivity contribution >= 4 is 27.7 Å². The Bertz CT molecular complexity index is 1140. The molecule has 0 unspecified atom stereocenters. The summed E-state index contributed by atoms with van der Waals surface area (Å²) < 4.78 is 2.43. The highest BCUT2D eigenvalue weighted by Crippen LogP contribution is 2.22. The van der Waals surface area contributed by atoms with Gasteiger partial charge in [-0.3, -0.25) is 9.59 Å². The summed E-state index contributed by atoms with van der Waals surface area (Å²) in [4.78, 5) is 27.4. The number of anilines is 1. The van der Waals surface area contributed by atoms with Gasteiger partial charge < -0.3 is 10.2 Å². The van der Waals surface area contributed by atoms with Gasteiger partial charge in [-0.2, -0.15) is 4.68 Å². The van der Waals surface area contributed by atoms with Crippen LogP contribution in [0.1, 0.15) is 30.9 Å². The number of amides is 1. The lowest BCUT2D eigenvalue weighted by Gasteiger charge is -2.33. The van der Waals surface area contributed by atoms with Gasteiger partial charge in [0.15, 0.2) is 0 Å². The standard InChI is InChI=1S/C25H27BrN4O2/c1-2-18-8-10-22(11-9-18)30-24(31)13-12-23(28-30)29-14-4-6-20(17-29)25(32)27-16-19-5-3-7-21(26)15-19/h3,5,7-13,15,20H,2,4,6,14,16-17H2,1H3,(H,27,32)/t20-/m1/s1. The highest BCUT2D eigenvalue weighted by atomic mass is 79.9. The Morgan fingerprint density at radius 2 is 1.94 bits per heavy atom. The van der Waals surface area contributed by atoms with E-state index in [1.165, 1.54) is 10.2 Å². The summed E-state index contributed by atoms with van der Waals surface area (Å²) in [6.07, 6.45) is 2.70. The summed E-state index contributed by atoms with van der Waals surface area (Å²) in [6, 6.07) is 19.1. The van der Waals surface area contributed by atoms with Gasteiger partial charge in [-0.05, 0) is 60.7 Å². The number of hydrogen-bond acceptors (Lipinski definition) is 4. The number of rotatable bonds is 6. The third kappa shape index (κ3) is 5.27. The maximum atomic E-state index is 12.8. The van der Waals surface area contributed by atoms with Gasteiger partial charge in [0, 0.05) is 30.2 Å². The van der Waals surface area contributed by atoms with Crippen molar-refractivity contribution in [1.29, 1.82) is 0 Å². The van der Waals surface area contributed by atoms with Crippen LogP contribution in [0, 0.1) is 5.92 Å². The molecule has 0 spiro atoms. The van der Waals surface area contributed by atoms with E-state index < -0.39 is 0 Å². The zero-order valence-corrected chi connectivity index (χ0v) is 19.7. The zero-order chi connectivity index (χ0) is 22.5. The van der Waals surface area contributed by atoms with E-state index in [2.05, 4.69) is 38.2 Å². The lowest BCUT2D eigenvalue weighted by molar-refractivity contribution is -0.125. The van der Waals surface area contributed by atoms with E-state index in [-0.39, 0.29) is 17.4 Å². The molecular formula is C25H27BrN4O2. The fourth-order valence-electron chi connectivity index (χ4n) is 4.01. The quantitative estimate of drug-likeness (QED) is 0.560. The molecule has 3 aromatic rings. The highest BCUT2D eigenvalue weighted by molar-refractivity contribution is 9.10. The molecule has 1 saturated heterocycles. The Morgan fingerprint density at radius 3 is 2.69 bits per heavy atom. The molecule has 1 atom stereocenters. The molecule has 2 aromatic carbocycles. The van der Waals surface area contributed by atoms with Crippen LogP contribution in [0.25, 0.3) is 5.69 Å². The molecule has 4 rings (SSSR count). The van der Waals surface area contributed by atoms with Gasteiger partial charge >= 0.3 is 0 Å². The van der Waals surface area contributed by atoms with Crippen LogP contribution in [0.2, 0.25) is 0 Å². The third-order valence-corrected chi connectivity index (χ3v) is 6.34. The van der Waals surface area contributed by atoms with Gasteiger partial charge in [-0.25, -0.2) is 0 Å². The molecule has 1 aliphatic heterocycles. The van der Waals surface area contributed by atoms with E-state index in [9.17, 15) is 9.59 Å². The number of carbonyl (C=O) groups is 1. The van der Waals surface area contributed by atoms with Crippen LogP contribution in [0.3, 0.4) is 0 Å². The van der Waals surface area contributed by atoms with Gasteiger partial charge in [0.25, 0.3) is 5.56 Å². The summed E-state index contributed by atoms with van der Waals surface area (Å²) in [5, 5.41) is 7.67. The first kappa shape index (κ1) is 22.3. The van der Waals surface area contributed by atoms with Crippen molar-refractivity contribution in [2.45, 2.75) is 32.7 Å². The molecule has 6 nitrogen and oxygen atoms in total. The van der Waals surface area contributed by atoms with Crippen molar-refractivity contribution in [3.63, 3.8) is 0 Å². The van der Waals surface area contributed by atoms with E-state index in [1.54, 1.807) is 12.1 Å². The number of nitrogens with one attached hydrogen (secondary N) is 1. The minimum atomic E-state index is -0.168. The van der Waals surface area contributed by atoms with Crippen molar-refractivity contribution in [3.05, 3.63) is 86.6 Å². The van der Waals surface area contributed by atoms with Crippen LogP contribution in [0.5, 0.6) is 0 Å². The molecule has 1 aromatic heterocycles. The summed E-state index contributed by atoms with van der Waals surface area (Å²) >= 11 is 3.46. The Balaban J connectivity index is 1.45. The number of halogens is 1. The molecule has 1 N–H and O–H groups in total. The Morgan fingerprint density at radius 1 is 1.12 bits per heavy atom. The van der Waals surface area contributed by atoms with E-state index in [1.807, 2.05) is 48.5 Å². The van der Waals surface area contributed by atoms with Crippen molar-refractivity contribution in [2.75, 3.05) is 18.0 Å². The second kappa shape index (κ2) is 10.1. The molecule has 7 heteroatoms. The monoisotopic (exact) mass is 494 g/mol. The lowest BCUT2D eigenvalue weighted by atomic mass is 9.97. The third-order valence-electron chi connectivity index (χ3n) is 5.85. The first-order valence-corrected chi connectivity index (χ1v) is 11.8. The predicted octanol–water partition coefficient (Wildman–Crippen LogP) is 4.09. The molecule has 2 heterocycles. The number of aromatic nitrogens is 2. The van der Waals surface area contributed by atoms with Crippen LogP contribution in [0.15, 0.2) is 69.9 Å². The lowest BCUT2D eigenvalue weighted by Crippen LogP contribution is -2.43. The second-order valence-electron chi connectivity index (χ2n) is 8.09. The Labute approximate surface area is 196 Å². The molecule has 166 valence electrons. The van der Waals surface area contributed by atoms with Crippen molar-refractivity contribution in [3.8, 4) is 5.69 Å². The average Bonchev–Trinajstić information content (AvgIpc) is 2.83. The molecule has 0 radical (unpaired) electrons. The van der Waals surface area contributed by atoms with Gasteiger partial charge in [-0.15, -0.1) is 5.10 Å². The molecule has 32 heavy (non-hydrogen) atoms. The topological polar surface area (TPSA) is 67.2 Å². The Hall–Kier alpha value is -2.93. The smallest absolute Gasteiger partial charge is 0.271 e. The fourth-order valence-corrected chi connectivity index (χ4v) is 4.45. The molecule has 0 aliphatic carbocycles. The van der Waals surface area contributed by atoms with Crippen LogP contribution in [-0.2, 0) is 17.8 Å². The van der Waals surface area contributed by atoms with E-state index >= 15 is 0 Å². The largest absolute Gasteiger partial charge is 0.354 e. The summed E-state index contributed by atoms with van der Waals surface area (Å²) in [5.74, 6) is 0.661. The summed E-state index contributed by atoms with van der Waals surface area (Å²) in [6.45, 7) is 4.01. The van der Waals surface area contributed by atoms with Gasteiger partial charge in [0.05, 0.1) is 11.6 Å². The number of carbonyl (C=O) groups excluding carboxylic acids is 1. The first-order chi connectivity index (χ1) is 15.5. The van der Waals surface area contributed by atoms with Crippen molar-refractivity contribution in [2.24, 2.45) is 5.92 Å². The van der Waals surface area contributed by atoms with Crippen molar-refractivity contribution < 1.29 is 4.79 Å². The predicted molar refractivity (Wildman–Crippen MR) is 130 cm³/mol. The average molecular weight is 495 g/mol. The fraction of sp³-hybridized carbons (Fsp3) is 0.320. The maximum Gasteiger partial charge on any atom is 0.271 e. The van der Waals surface area contributed by atoms with Crippen LogP contribution in [-0.4, -0.2) is 28.8 Å². The molecule has 1 amide bonds. The van der Waals surface area contributed by atoms with E-state index in [4.69, 9.17) is 0 Å². The normalized spacial score (nSPS) is 16.1. The molecule has 0 saturated carbocycles. The molecule has 1 fully saturated rings. The number of piperidine rings is 1. The number of nitrogens with zero attached hydrogens (tertiary/aromatic N) is 3. The minimum absolute atomic E-state index is 0.0538. The summed E-state index contributed by atoms with van der Waals surface area (Å²) in [5.41, 5.74) is 2.85. The second-order valence-corrected chi connectivity index (χ2v) is 9.01. The summed E-state index contributed by atoms with van der Waals surface area (Å²) in [7, 11) is 0. The maximum absolute atomic E-state index is 12.8. The number of hydrogen-bond donors (Lipinski definition) is 1. The van der Waals surface area contributed by atoms with Crippen LogP contribution in [0.4, 0.5) is 5.82 Å². The molecular weight excluding hydrogens is 468 g/mol. The highest BCUT2D eigenvalue weighted by Gasteiger charge is 2.26. The van der Waals surface area contributed by atoms with Gasteiger partial charge in [0.1, 0.15) is 5.82 Å². The molecule has 0 bridgehead atoms.